The summed E-state index contributed by atoms with van der Waals surface area (Å²) in [6.07, 6.45) is 4.69. The molecule has 2 aromatic heterocycles. The molecular weight excluding hydrogens is 320 g/mol. The molecule has 1 amide bonds. The van der Waals surface area contributed by atoms with Gasteiger partial charge in [-0.25, -0.2) is 0 Å². The largest absolute Gasteiger partial charge is 0.464 e. The summed E-state index contributed by atoms with van der Waals surface area (Å²) in [5.41, 5.74) is 1.82. The molecule has 6 heteroatoms. The third-order valence-corrected chi connectivity index (χ3v) is 4.60. The van der Waals surface area contributed by atoms with Crippen molar-refractivity contribution in [2.24, 2.45) is 0 Å². The van der Waals surface area contributed by atoms with Crippen molar-refractivity contribution in [1.29, 1.82) is 0 Å². The van der Waals surface area contributed by atoms with E-state index in [0.29, 0.717) is 5.76 Å². The van der Waals surface area contributed by atoms with Gasteiger partial charge in [-0.15, -0.1) is 0 Å². The van der Waals surface area contributed by atoms with E-state index in [1.807, 2.05) is 19.1 Å². The van der Waals surface area contributed by atoms with Crippen LogP contribution in [-0.2, 0) is 24.0 Å². The number of hydrogen-bond donors (Lipinski definition) is 2. The maximum Gasteiger partial charge on any atom is 0.261 e. The quantitative estimate of drug-likeness (QED) is 0.843. The molecule has 3 rings (SSSR count). The van der Waals surface area contributed by atoms with E-state index >= 15 is 0 Å². The monoisotopic (exact) mass is 344 g/mol. The smallest absolute Gasteiger partial charge is 0.261 e. The van der Waals surface area contributed by atoms with Crippen LogP contribution in [0.25, 0.3) is 0 Å². The summed E-state index contributed by atoms with van der Waals surface area (Å²) in [4.78, 5) is 27.8. The Morgan fingerprint density at radius 1 is 1.36 bits per heavy atom. The first-order valence-corrected chi connectivity index (χ1v) is 8.75. The van der Waals surface area contributed by atoms with Crippen LogP contribution in [0.2, 0.25) is 0 Å². The van der Waals surface area contributed by atoms with Crippen molar-refractivity contribution in [3.05, 3.63) is 56.9 Å². The Balaban J connectivity index is 1.82. The number of aryl methyl sites for hydroxylation is 3. The average molecular weight is 344 g/mol. The lowest BCUT2D eigenvalue weighted by Crippen LogP contribution is -2.35. The van der Waals surface area contributed by atoms with Crippen LogP contribution in [0.1, 0.15) is 58.9 Å². The van der Waals surface area contributed by atoms with Gasteiger partial charge in [0.1, 0.15) is 23.1 Å². The summed E-state index contributed by atoms with van der Waals surface area (Å²) in [5.74, 6) is 1.06. The van der Waals surface area contributed by atoms with Gasteiger partial charge >= 0.3 is 0 Å². The fraction of sp³-hybridized carbons (Fsp3) is 0.474. The zero-order valence-electron chi connectivity index (χ0n) is 14.7. The van der Waals surface area contributed by atoms with Gasteiger partial charge in [-0.2, -0.15) is 0 Å². The number of fused-ring (bicyclic) bond motifs is 1. The first kappa shape index (κ1) is 17.5. The van der Waals surface area contributed by atoms with E-state index in [1.165, 1.54) is 0 Å². The lowest BCUT2D eigenvalue weighted by Gasteiger charge is -2.18. The third kappa shape index (κ3) is 3.85. The average Bonchev–Trinajstić information content (AvgIpc) is 3.09. The Bertz CT molecular complexity index is 806. The van der Waals surface area contributed by atoms with E-state index in [-0.39, 0.29) is 17.7 Å². The molecule has 0 unspecified atom stereocenters. The van der Waals surface area contributed by atoms with Crippen LogP contribution in [0.4, 0.5) is 0 Å². The van der Waals surface area contributed by atoms with Crippen molar-refractivity contribution in [2.75, 3.05) is 13.7 Å². The van der Waals surface area contributed by atoms with Crippen molar-refractivity contribution in [2.45, 2.75) is 45.1 Å². The van der Waals surface area contributed by atoms with Gasteiger partial charge in [0, 0.05) is 19.2 Å². The minimum Gasteiger partial charge on any atom is -0.464 e. The zero-order valence-corrected chi connectivity index (χ0v) is 14.7. The Morgan fingerprint density at radius 3 is 2.88 bits per heavy atom. The van der Waals surface area contributed by atoms with E-state index in [2.05, 4.69) is 10.3 Å². The molecule has 2 N–H and O–H groups in total. The fourth-order valence-corrected chi connectivity index (χ4v) is 3.21. The van der Waals surface area contributed by atoms with E-state index in [4.69, 9.17) is 9.15 Å². The molecule has 0 radical (unpaired) electrons. The number of H-pyrrole nitrogens is 1. The normalized spacial score (nSPS) is 14.8. The summed E-state index contributed by atoms with van der Waals surface area (Å²) in [7, 11) is 1.56. The van der Waals surface area contributed by atoms with Crippen LogP contribution in [0, 0.1) is 0 Å². The zero-order chi connectivity index (χ0) is 17.8. The summed E-state index contributed by atoms with van der Waals surface area (Å²) < 4.78 is 10.9. The number of aromatic amines is 1. The van der Waals surface area contributed by atoms with Gasteiger partial charge in [0.15, 0.2) is 0 Å². The number of methoxy groups -OCH3 is 1. The highest BCUT2D eigenvalue weighted by molar-refractivity contribution is 5.94. The minimum atomic E-state index is -0.437. The Morgan fingerprint density at radius 2 is 2.16 bits per heavy atom. The van der Waals surface area contributed by atoms with E-state index in [9.17, 15) is 9.59 Å². The van der Waals surface area contributed by atoms with Crippen molar-refractivity contribution >= 4 is 5.91 Å². The predicted molar refractivity (Wildman–Crippen MR) is 93.9 cm³/mol. The Labute approximate surface area is 146 Å². The standard InChI is InChI=1S/C19H24N2O4/c1-3-13-8-9-17(25-13)16(11-24-2)21-19(23)14-10-12-6-4-5-7-15(12)20-18(14)22/h8-10,16H,3-7,11H2,1-2H3,(H,20,22)(H,21,23)/t16-/m1/s1. The number of carbonyl (C=O) groups excluding carboxylic acids is 1. The topological polar surface area (TPSA) is 84.3 Å². The molecule has 0 fully saturated rings. The molecule has 0 aliphatic heterocycles. The van der Waals surface area contributed by atoms with Crippen molar-refractivity contribution < 1.29 is 13.9 Å². The lowest BCUT2D eigenvalue weighted by atomic mass is 9.95. The Hall–Kier alpha value is -2.34. The molecule has 134 valence electrons. The molecule has 1 atom stereocenters. The number of amides is 1. The number of aromatic nitrogens is 1. The van der Waals surface area contributed by atoms with Crippen LogP contribution in [0.15, 0.2) is 27.4 Å². The van der Waals surface area contributed by atoms with Crippen molar-refractivity contribution in [3.63, 3.8) is 0 Å². The first-order chi connectivity index (χ1) is 12.1. The Kier molecular flexibility index (Phi) is 5.38. The first-order valence-electron chi connectivity index (χ1n) is 8.75. The molecule has 0 bridgehead atoms. The summed E-state index contributed by atoms with van der Waals surface area (Å²) in [6.45, 7) is 2.27. The molecule has 0 saturated heterocycles. The van der Waals surface area contributed by atoms with Gasteiger partial charge in [-0.1, -0.05) is 6.92 Å². The van der Waals surface area contributed by atoms with Crippen LogP contribution in [0.3, 0.4) is 0 Å². The molecule has 6 nitrogen and oxygen atoms in total. The molecule has 2 heterocycles. The van der Waals surface area contributed by atoms with Gasteiger partial charge in [-0.3, -0.25) is 9.59 Å². The van der Waals surface area contributed by atoms with Gasteiger partial charge < -0.3 is 19.5 Å². The molecular formula is C19H24N2O4. The van der Waals surface area contributed by atoms with E-state index in [0.717, 1.165) is 49.1 Å². The highest BCUT2D eigenvalue weighted by atomic mass is 16.5. The van der Waals surface area contributed by atoms with Crippen LogP contribution < -0.4 is 10.9 Å². The molecule has 1 aliphatic carbocycles. The molecule has 0 saturated carbocycles. The van der Waals surface area contributed by atoms with Crippen LogP contribution in [0.5, 0.6) is 0 Å². The van der Waals surface area contributed by atoms with Gasteiger partial charge in [-0.05, 0) is 49.4 Å². The number of carbonyl (C=O) groups is 1. The SMILES string of the molecule is CCc1ccc([C@@H](COC)NC(=O)c2cc3c([nH]c2=O)CCCC3)o1. The van der Waals surface area contributed by atoms with Crippen molar-refractivity contribution in [3.8, 4) is 0 Å². The second kappa shape index (κ2) is 7.70. The summed E-state index contributed by atoms with van der Waals surface area (Å²) >= 11 is 0. The molecule has 25 heavy (non-hydrogen) atoms. The van der Waals surface area contributed by atoms with E-state index < -0.39 is 11.9 Å². The van der Waals surface area contributed by atoms with Gasteiger partial charge in [0.25, 0.3) is 11.5 Å². The molecule has 0 spiro atoms. The third-order valence-electron chi connectivity index (χ3n) is 4.60. The lowest BCUT2D eigenvalue weighted by molar-refractivity contribution is 0.0880. The highest BCUT2D eigenvalue weighted by Gasteiger charge is 2.22. The van der Waals surface area contributed by atoms with Gasteiger partial charge in [0.05, 0.1) is 6.61 Å². The summed E-state index contributed by atoms with van der Waals surface area (Å²) in [5, 5.41) is 2.86. The maximum atomic E-state index is 12.7. The van der Waals surface area contributed by atoms with E-state index in [1.54, 1.807) is 13.2 Å². The molecule has 1 aliphatic rings. The van der Waals surface area contributed by atoms with Gasteiger partial charge in [0.2, 0.25) is 0 Å². The fourth-order valence-electron chi connectivity index (χ4n) is 3.21. The second-order valence-corrected chi connectivity index (χ2v) is 6.36. The highest BCUT2D eigenvalue weighted by Crippen LogP contribution is 2.20. The predicted octanol–water partition coefficient (Wildman–Crippen LogP) is 2.53. The number of hydrogen-bond acceptors (Lipinski definition) is 4. The second-order valence-electron chi connectivity index (χ2n) is 6.36. The molecule has 0 aromatic carbocycles. The number of pyridine rings is 1. The maximum absolute atomic E-state index is 12.7. The van der Waals surface area contributed by atoms with Crippen LogP contribution >= 0.6 is 0 Å². The number of ether oxygens (including phenoxy) is 1. The molecule has 2 aromatic rings. The number of rotatable bonds is 6. The minimum absolute atomic E-state index is 0.143. The van der Waals surface area contributed by atoms with Crippen LogP contribution in [-0.4, -0.2) is 24.6 Å². The van der Waals surface area contributed by atoms with Crippen molar-refractivity contribution in [1.82, 2.24) is 10.3 Å². The summed E-state index contributed by atoms with van der Waals surface area (Å²) in [6, 6.07) is 5.01. The number of nitrogens with one attached hydrogen (secondary N) is 2. The number of furan rings is 1.